The van der Waals surface area contributed by atoms with Gasteiger partial charge in [-0.15, -0.1) is 0 Å². The van der Waals surface area contributed by atoms with Gasteiger partial charge in [0.05, 0.1) is 23.0 Å². The van der Waals surface area contributed by atoms with E-state index >= 15 is 0 Å². The summed E-state index contributed by atoms with van der Waals surface area (Å²) in [6.45, 7) is 1.73. The predicted octanol–water partition coefficient (Wildman–Crippen LogP) is 4.87. The molecular weight excluding hydrogens is 522 g/mol. The Kier molecular flexibility index (Phi) is 5.97. The van der Waals surface area contributed by atoms with E-state index in [1.807, 2.05) is 18.2 Å². The molecule has 0 radical (unpaired) electrons. The molecule has 8 heteroatoms. The fourth-order valence-corrected chi connectivity index (χ4v) is 4.87. The highest BCUT2D eigenvalue weighted by atomic mass is 79.9. The van der Waals surface area contributed by atoms with Gasteiger partial charge in [0.15, 0.2) is 0 Å². The number of hydrogen-bond acceptors (Lipinski definition) is 4. The summed E-state index contributed by atoms with van der Waals surface area (Å²) >= 11 is 3.41. The number of Topliss-reactive ketones (excluding diaryl/α,β-unsaturated/α-hetero) is 1. The topological polar surface area (TPSA) is 84.5 Å². The van der Waals surface area contributed by atoms with Gasteiger partial charge in [-0.2, -0.15) is 0 Å². The van der Waals surface area contributed by atoms with Crippen molar-refractivity contribution < 1.29 is 14.7 Å². The molecule has 0 aliphatic carbocycles. The Hall–Kier alpha value is -4.17. The van der Waals surface area contributed by atoms with Crippen molar-refractivity contribution in [2.75, 3.05) is 4.90 Å². The standard InChI is InChI=1S/C28H22BrN3O4/c1-17-23(27(35)32(30(17)2)21-11-7-4-8-12-21)31-24(18-13-15-20(29)16-14-18)22(26(34)28(31)36)25(33)19-9-5-3-6-10-19/h3-16,24,33H,1-2H3. The molecule has 7 nitrogen and oxygen atoms in total. The van der Waals surface area contributed by atoms with Crippen LogP contribution in [0.5, 0.6) is 0 Å². The summed E-state index contributed by atoms with van der Waals surface area (Å²) in [5.74, 6) is -2.01. The van der Waals surface area contributed by atoms with Crippen molar-refractivity contribution in [3.63, 3.8) is 0 Å². The van der Waals surface area contributed by atoms with Crippen molar-refractivity contribution >= 4 is 39.1 Å². The van der Waals surface area contributed by atoms with Crippen molar-refractivity contribution in [3.05, 3.63) is 122 Å². The minimum absolute atomic E-state index is 0.0672. The third kappa shape index (κ3) is 3.70. The van der Waals surface area contributed by atoms with Crippen LogP contribution in [-0.2, 0) is 16.6 Å². The minimum Gasteiger partial charge on any atom is -0.507 e. The van der Waals surface area contributed by atoms with E-state index in [4.69, 9.17) is 0 Å². The number of aromatic nitrogens is 2. The number of para-hydroxylation sites is 1. The number of anilines is 1. The number of amides is 1. The molecule has 2 heterocycles. The van der Waals surface area contributed by atoms with Crippen LogP contribution in [0.4, 0.5) is 5.69 Å². The molecule has 1 fully saturated rings. The Bertz CT molecular complexity index is 1570. The Balaban J connectivity index is 1.78. The van der Waals surface area contributed by atoms with Crippen molar-refractivity contribution in [3.8, 4) is 5.69 Å². The first-order chi connectivity index (χ1) is 17.3. The molecule has 1 aliphatic rings. The molecule has 3 aromatic carbocycles. The second kappa shape index (κ2) is 9.13. The van der Waals surface area contributed by atoms with E-state index in [0.717, 1.165) is 4.47 Å². The summed E-state index contributed by atoms with van der Waals surface area (Å²) in [6, 6.07) is 23.8. The zero-order valence-corrected chi connectivity index (χ0v) is 21.1. The van der Waals surface area contributed by atoms with Gasteiger partial charge in [-0.1, -0.05) is 76.6 Å². The SMILES string of the molecule is Cc1c(N2C(=O)C(=O)C(=C(O)c3ccccc3)C2c2ccc(Br)cc2)c(=O)n(-c2ccccc2)n1C. The van der Waals surface area contributed by atoms with Gasteiger partial charge >= 0.3 is 0 Å². The van der Waals surface area contributed by atoms with Gasteiger partial charge in [0, 0.05) is 17.1 Å². The maximum absolute atomic E-state index is 13.8. The molecule has 36 heavy (non-hydrogen) atoms. The van der Waals surface area contributed by atoms with Crippen LogP contribution in [0.2, 0.25) is 0 Å². The second-order valence-corrected chi connectivity index (χ2v) is 9.41. The largest absolute Gasteiger partial charge is 0.507 e. The molecule has 1 amide bonds. The first-order valence-electron chi connectivity index (χ1n) is 11.3. The number of rotatable bonds is 4. The van der Waals surface area contributed by atoms with E-state index in [2.05, 4.69) is 15.9 Å². The monoisotopic (exact) mass is 543 g/mol. The highest BCUT2D eigenvalue weighted by Gasteiger charge is 2.49. The molecule has 1 unspecified atom stereocenters. The number of aliphatic hydroxyl groups excluding tert-OH is 1. The molecule has 0 bridgehead atoms. The average molecular weight is 544 g/mol. The summed E-state index contributed by atoms with van der Waals surface area (Å²) in [5.41, 5.74) is 1.71. The molecule has 1 saturated heterocycles. The van der Waals surface area contributed by atoms with Crippen LogP contribution in [0.1, 0.15) is 22.9 Å². The van der Waals surface area contributed by atoms with Crippen LogP contribution in [0.15, 0.2) is 99.8 Å². The van der Waals surface area contributed by atoms with E-state index in [0.29, 0.717) is 22.5 Å². The average Bonchev–Trinajstić information content (AvgIpc) is 3.28. The molecule has 4 aromatic rings. The number of hydrogen-bond donors (Lipinski definition) is 1. The number of benzene rings is 3. The molecule has 0 spiro atoms. The Morgan fingerprint density at radius 1 is 0.861 bits per heavy atom. The maximum Gasteiger partial charge on any atom is 0.300 e. The molecule has 1 N–H and O–H groups in total. The number of carbonyl (C=O) groups excluding carboxylic acids is 2. The zero-order chi connectivity index (χ0) is 25.6. The Morgan fingerprint density at radius 3 is 2.06 bits per heavy atom. The number of halogens is 1. The van der Waals surface area contributed by atoms with Crippen molar-refractivity contribution in [1.82, 2.24) is 9.36 Å². The minimum atomic E-state index is -0.990. The van der Waals surface area contributed by atoms with Crippen molar-refractivity contribution in [1.29, 1.82) is 0 Å². The van der Waals surface area contributed by atoms with Gasteiger partial charge in [-0.25, -0.2) is 4.68 Å². The quantitative estimate of drug-likeness (QED) is 0.226. The summed E-state index contributed by atoms with van der Waals surface area (Å²) in [6.07, 6.45) is 0. The molecule has 0 saturated carbocycles. The smallest absolute Gasteiger partial charge is 0.300 e. The molecular formula is C28H22BrN3O4. The molecule has 1 atom stereocenters. The van der Waals surface area contributed by atoms with Gasteiger partial charge < -0.3 is 5.11 Å². The number of carbonyl (C=O) groups is 2. The molecule has 180 valence electrons. The van der Waals surface area contributed by atoms with Crippen LogP contribution in [0.3, 0.4) is 0 Å². The van der Waals surface area contributed by atoms with Crippen LogP contribution < -0.4 is 10.5 Å². The first-order valence-corrected chi connectivity index (χ1v) is 12.1. The van der Waals surface area contributed by atoms with Gasteiger partial charge in [-0.05, 0) is 36.8 Å². The van der Waals surface area contributed by atoms with E-state index in [1.54, 1.807) is 85.4 Å². The summed E-state index contributed by atoms with van der Waals surface area (Å²) in [5, 5.41) is 11.2. The normalized spacial score (nSPS) is 17.1. The Labute approximate surface area is 215 Å². The third-order valence-corrected chi connectivity index (χ3v) is 6.97. The van der Waals surface area contributed by atoms with Gasteiger partial charge in [0.1, 0.15) is 11.4 Å². The van der Waals surface area contributed by atoms with Gasteiger partial charge in [0.2, 0.25) is 0 Å². The van der Waals surface area contributed by atoms with Crippen molar-refractivity contribution in [2.24, 2.45) is 7.05 Å². The highest BCUT2D eigenvalue weighted by Crippen LogP contribution is 2.42. The lowest BCUT2D eigenvalue weighted by atomic mass is 9.95. The number of aliphatic hydroxyl groups is 1. The van der Waals surface area contributed by atoms with Crippen LogP contribution in [-0.4, -0.2) is 26.2 Å². The van der Waals surface area contributed by atoms with Gasteiger partial charge in [0.25, 0.3) is 17.2 Å². The number of nitrogens with zero attached hydrogens (tertiary/aromatic N) is 3. The fraction of sp³-hybridized carbons (Fsp3) is 0.107. The molecule has 1 aromatic heterocycles. The number of ketones is 1. The van der Waals surface area contributed by atoms with E-state index in [-0.39, 0.29) is 17.0 Å². The lowest BCUT2D eigenvalue weighted by Crippen LogP contribution is -2.34. The van der Waals surface area contributed by atoms with E-state index in [9.17, 15) is 19.5 Å². The highest BCUT2D eigenvalue weighted by molar-refractivity contribution is 9.10. The predicted molar refractivity (Wildman–Crippen MR) is 141 cm³/mol. The summed E-state index contributed by atoms with van der Waals surface area (Å²) in [4.78, 5) is 41.9. The molecule has 1 aliphatic heterocycles. The third-order valence-electron chi connectivity index (χ3n) is 6.44. The lowest BCUT2D eigenvalue weighted by Gasteiger charge is -2.24. The zero-order valence-electron chi connectivity index (χ0n) is 19.6. The van der Waals surface area contributed by atoms with Crippen LogP contribution in [0.25, 0.3) is 11.4 Å². The summed E-state index contributed by atoms with van der Waals surface area (Å²) < 4.78 is 3.93. The van der Waals surface area contributed by atoms with Gasteiger partial charge in [-0.3, -0.25) is 24.0 Å². The molecule has 5 rings (SSSR count). The van der Waals surface area contributed by atoms with E-state index < -0.39 is 23.3 Å². The van der Waals surface area contributed by atoms with E-state index in [1.165, 1.54) is 9.58 Å². The maximum atomic E-state index is 13.8. The summed E-state index contributed by atoms with van der Waals surface area (Å²) in [7, 11) is 1.72. The van der Waals surface area contributed by atoms with Crippen LogP contribution >= 0.6 is 15.9 Å². The Morgan fingerprint density at radius 2 is 1.44 bits per heavy atom. The first kappa shape index (κ1) is 23.6. The second-order valence-electron chi connectivity index (χ2n) is 8.50. The van der Waals surface area contributed by atoms with Crippen molar-refractivity contribution in [2.45, 2.75) is 13.0 Å². The lowest BCUT2D eigenvalue weighted by molar-refractivity contribution is -0.132. The fourth-order valence-electron chi connectivity index (χ4n) is 4.61. The van der Waals surface area contributed by atoms with Crippen LogP contribution in [0, 0.1) is 6.92 Å².